The zero-order valence-electron chi connectivity index (χ0n) is 23.1. The van der Waals surface area contributed by atoms with Crippen molar-refractivity contribution in [2.45, 2.75) is 39.3 Å². The number of amides is 1. The minimum atomic E-state index is -0.839. The first-order chi connectivity index (χ1) is 20.0. The standard InChI is InChI=1S/C34H32N2O5/c1-3-4-18-40-27-15-16-29(23(2)19-27)32(37)30-31(36(34(39)33(30)38)22-24-10-9-17-35-21-24)25-11-8-14-28(20-25)41-26-12-6-5-7-13-26/h5-17,19-21,31,37H,3-4,18,22H2,1-2H3/t31-/m1/s1. The van der Waals surface area contributed by atoms with Crippen LogP contribution in [0.25, 0.3) is 5.76 Å². The van der Waals surface area contributed by atoms with Crippen molar-refractivity contribution in [2.24, 2.45) is 0 Å². The molecule has 7 nitrogen and oxygen atoms in total. The quantitative estimate of drug-likeness (QED) is 0.0995. The van der Waals surface area contributed by atoms with Gasteiger partial charge in [0.1, 0.15) is 23.0 Å². The number of aliphatic hydroxyl groups excluding tert-OH is 1. The van der Waals surface area contributed by atoms with E-state index in [1.54, 1.807) is 36.7 Å². The number of benzene rings is 3. The van der Waals surface area contributed by atoms with E-state index in [0.29, 0.717) is 35.0 Å². The molecule has 1 atom stereocenters. The van der Waals surface area contributed by atoms with Gasteiger partial charge in [0.25, 0.3) is 11.7 Å². The summed E-state index contributed by atoms with van der Waals surface area (Å²) in [5, 5.41) is 11.6. The first-order valence-corrected chi connectivity index (χ1v) is 13.7. The highest BCUT2D eigenvalue weighted by Gasteiger charge is 2.46. The fourth-order valence-electron chi connectivity index (χ4n) is 4.92. The highest BCUT2D eigenvalue weighted by Crippen LogP contribution is 2.42. The predicted octanol–water partition coefficient (Wildman–Crippen LogP) is 6.98. The van der Waals surface area contributed by atoms with Crippen LogP contribution in [0.5, 0.6) is 17.2 Å². The van der Waals surface area contributed by atoms with E-state index in [2.05, 4.69) is 11.9 Å². The maximum Gasteiger partial charge on any atom is 0.295 e. The molecule has 7 heteroatoms. The molecule has 1 N–H and O–H groups in total. The molecule has 41 heavy (non-hydrogen) atoms. The van der Waals surface area contributed by atoms with Crippen molar-refractivity contribution >= 4 is 17.4 Å². The van der Waals surface area contributed by atoms with E-state index in [1.165, 1.54) is 4.90 Å². The Morgan fingerprint density at radius 2 is 1.73 bits per heavy atom. The summed E-state index contributed by atoms with van der Waals surface area (Å²) in [6, 6.07) is 24.7. The van der Waals surface area contributed by atoms with Crippen molar-refractivity contribution in [1.82, 2.24) is 9.88 Å². The van der Waals surface area contributed by atoms with Crippen LogP contribution in [0.3, 0.4) is 0 Å². The second-order valence-corrected chi connectivity index (χ2v) is 9.95. The molecule has 1 fully saturated rings. The molecule has 1 saturated heterocycles. The summed E-state index contributed by atoms with van der Waals surface area (Å²) in [5.41, 5.74) is 2.63. The number of unbranched alkanes of at least 4 members (excludes halogenated alkanes) is 1. The van der Waals surface area contributed by atoms with E-state index in [1.807, 2.05) is 67.6 Å². The number of nitrogens with zero attached hydrogens (tertiary/aromatic N) is 2. The average Bonchev–Trinajstić information content (AvgIpc) is 3.23. The number of Topliss-reactive ketones (excluding diaryl/α,β-unsaturated/α-hetero) is 1. The van der Waals surface area contributed by atoms with Crippen molar-refractivity contribution in [3.8, 4) is 17.2 Å². The molecule has 0 bridgehead atoms. The number of ether oxygens (including phenoxy) is 2. The molecule has 1 aliphatic rings. The van der Waals surface area contributed by atoms with Crippen LogP contribution in [-0.2, 0) is 16.1 Å². The first-order valence-electron chi connectivity index (χ1n) is 13.7. The Morgan fingerprint density at radius 1 is 0.927 bits per heavy atom. The molecule has 0 aliphatic carbocycles. The lowest BCUT2D eigenvalue weighted by atomic mass is 9.93. The topological polar surface area (TPSA) is 89.0 Å². The van der Waals surface area contributed by atoms with Gasteiger partial charge in [0.2, 0.25) is 0 Å². The van der Waals surface area contributed by atoms with Crippen molar-refractivity contribution in [1.29, 1.82) is 0 Å². The van der Waals surface area contributed by atoms with Gasteiger partial charge in [-0.25, -0.2) is 0 Å². The molecule has 4 aromatic rings. The highest BCUT2D eigenvalue weighted by molar-refractivity contribution is 6.46. The molecule has 2 heterocycles. The van der Waals surface area contributed by atoms with E-state index in [4.69, 9.17) is 9.47 Å². The van der Waals surface area contributed by atoms with Crippen molar-refractivity contribution in [3.05, 3.63) is 125 Å². The third kappa shape index (κ3) is 6.14. The van der Waals surface area contributed by atoms with Crippen LogP contribution in [0.1, 0.15) is 48.1 Å². The van der Waals surface area contributed by atoms with Gasteiger partial charge < -0.3 is 19.5 Å². The number of hydrogen-bond acceptors (Lipinski definition) is 6. The maximum absolute atomic E-state index is 13.6. The molecule has 0 radical (unpaired) electrons. The molecule has 3 aromatic carbocycles. The Kier molecular flexibility index (Phi) is 8.44. The van der Waals surface area contributed by atoms with Crippen LogP contribution in [0, 0.1) is 6.92 Å². The number of aliphatic hydroxyl groups is 1. The Balaban J connectivity index is 1.57. The Hall–Kier alpha value is -4.91. The molecule has 0 saturated carbocycles. The number of hydrogen-bond donors (Lipinski definition) is 1. The van der Waals surface area contributed by atoms with Crippen molar-refractivity contribution in [3.63, 3.8) is 0 Å². The van der Waals surface area contributed by atoms with Gasteiger partial charge in [-0.1, -0.05) is 49.7 Å². The number of ketones is 1. The molecular weight excluding hydrogens is 516 g/mol. The number of pyridine rings is 1. The summed E-state index contributed by atoms with van der Waals surface area (Å²) in [5.74, 6) is 0.234. The third-order valence-corrected chi connectivity index (χ3v) is 6.99. The van der Waals surface area contributed by atoms with Gasteiger partial charge in [0.15, 0.2) is 0 Å². The van der Waals surface area contributed by atoms with Crippen LogP contribution in [0.15, 0.2) is 103 Å². The first kappa shape index (κ1) is 27.6. The van der Waals surface area contributed by atoms with Gasteiger partial charge >= 0.3 is 0 Å². The number of carbonyl (C=O) groups is 2. The number of aryl methyl sites for hydroxylation is 1. The molecule has 1 aliphatic heterocycles. The lowest BCUT2D eigenvalue weighted by Crippen LogP contribution is -2.29. The SMILES string of the molecule is CCCCOc1ccc(C(O)=C2C(=O)C(=O)N(Cc3cccnc3)[C@@H]2c2cccc(Oc3ccccc3)c2)c(C)c1. The second-order valence-electron chi connectivity index (χ2n) is 9.95. The molecule has 1 aromatic heterocycles. The normalized spacial score (nSPS) is 16.1. The van der Waals surface area contributed by atoms with Crippen LogP contribution < -0.4 is 9.47 Å². The minimum Gasteiger partial charge on any atom is -0.507 e. The Labute approximate surface area is 239 Å². The van der Waals surface area contributed by atoms with E-state index in [0.717, 1.165) is 24.0 Å². The Bertz CT molecular complexity index is 1570. The molecular formula is C34H32N2O5. The molecule has 208 valence electrons. The minimum absolute atomic E-state index is 0.0264. The van der Waals surface area contributed by atoms with Crippen molar-refractivity contribution in [2.75, 3.05) is 6.61 Å². The van der Waals surface area contributed by atoms with Crippen LogP contribution >= 0.6 is 0 Å². The maximum atomic E-state index is 13.6. The van der Waals surface area contributed by atoms with Gasteiger partial charge in [0.05, 0.1) is 18.2 Å². The van der Waals surface area contributed by atoms with Crippen LogP contribution in [-0.4, -0.2) is 33.3 Å². The molecule has 0 spiro atoms. The summed E-state index contributed by atoms with van der Waals surface area (Å²) in [4.78, 5) is 32.7. The van der Waals surface area contributed by atoms with E-state index >= 15 is 0 Å². The van der Waals surface area contributed by atoms with Gasteiger partial charge in [-0.2, -0.15) is 0 Å². The number of rotatable bonds is 10. The zero-order chi connectivity index (χ0) is 28.8. The monoisotopic (exact) mass is 548 g/mol. The van der Waals surface area contributed by atoms with E-state index in [-0.39, 0.29) is 17.9 Å². The van der Waals surface area contributed by atoms with Crippen LogP contribution in [0.4, 0.5) is 0 Å². The summed E-state index contributed by atoms with van der Waals surface area (Å²) in [6.45, 7) is 4.69. The van der Waals surface area contributed by atoms with Gasteiger partial charge in [-0.3, -0.25) is 14.6 Å². The van der Waals surface area contributed by atoms with Gasteiger partial charge in [0, 0.05) is 24.5 Å². The zero-order valence-corrected chi connectivity index (χ0v) is 23.1. The van der Waals surface area contributed by atoms with E-state index in [9.17, 15) is 14.7 Å². The van der Waals surface area contributed by atoms with Gasteiger partial charge in [-0.15, -0.1) is 0 Å². The Morgan fingerprint density at radius 3 is 2.46 bits per heavy atom. The highest BCUT2D eigenvalue weighted by atomic mass is 16.5. The lowest BCUT2D eigenvalue weighted by molar-refractivity contribution is -0.140. The van der Waals surface area contributed by atoms with Crippen molar-refractivity contribution < 1.29 is 24.2 Å². The largest absolute Gasteiger partial charge is 0.507 e. The predicted molar refractivity (Wildman–Crippen MR) is 157 cm³/mol. The second kappa shape index (κ2) is 12.5. The third-order valence-electron chi connectivity index (χ3n) is 6.99. The average molecular weight is 549 g/mol. The number of para-hydroxylation sites is 1. The fourth-order valence-corrected chi connectivity index (χ4v) is 4.92. The number of aromatic nitrogens is 1. The van der Waals surface area contributed by atoms with Crippen LogP contribution in [0.2, 0.25) is 0 Å². The summed E-state index contributed by atoms with van der Waals surface area (Å²) in [7, 11) is 0. The molecule has 0 unspecified atom stereocenters. The summed E-state index contributed by atoms with van der Waals surface area (Å²) >= 11 is 0. The molecule has 1 amide bonds. The lowest BCUT2D eigenvalue weighted by Gasteiger charge is -2.26. The fraction of sp³-hybridized carbons (Fsp3) is 0.206. The number of carbonyl (C=O) groups excluding carboxylic acids is 2. The van der Waals surface area contributed by atoms with E-state index < -0.39 is 17.7 Å². The van der Waals surface area contributed by atoms with Gasteiger partial charge in [-0.05, 0) is 78.6 Å². The molecule has 5 rings (SSSR count). The smallest absolute Gasteiger partial charge is 0.295 e. The summed E-state index contributed by atoms with van der Waals surface area (Å²) < 4.78 is 11.9. The summed E-state index contributed by atoms with van der Waals surface area (Å²) in [6.07, 6.45) is 5.27. The number of likely N-dealkylation sites (tertiary alicyclic amines) is 1.